The van der Waals surface area contributed by atoms with Crippen molar-refractivity contribution in [2.24, 2.45) is 11.8 Å². The Bertz CT molecular complexity index is 195. The minimum Gasteiger partial charge on any atom is -0.303 e. The monoisotopic (exact) mass is 179 g/mol. The standard InChI is InChI=1S/C11H17NO/c12-8-10-5-3-1-2-4-6-11(7-10)9-13/h9-11H,1-7H2. The average Bonchev–Trinajstić information content (AvgIpc) is 2.28. The maximum Gasteiger partial charge on any atom is 0.123 e. The molecular formula is C11H17NO. The van der Waals surface area contributed by atoms with Gasteiger partial charge in [-0.3, -0.25) is 0 Å². The molecule has 1 saturated carbocycles. The molecule has 0 aromatic rings. The van der Waals surface area contributed by atoms with Crippen molar-refractivity contribution in [1.82, 2.24) is 0 Å². The van der Waals surface area contributed by atoms with E-state index in [-0.39, 0.29) is 11.8 Å². The summed E-state index contributed by atoms with van der Waals surface area (Å²) in [7, 11) is 0. The molecule has 2 nitrogen and oxygen atoms in total. The van der Waals surface area contributed by atoms with Gasteiger partial charge >= 0.3 is 0 Å². The molecule has 0 saturated heterocycles. The van der Waals surface area contributed by atoms with Crippen molar-refractivity contribution in [2.45, 2.75) is 44.9 Å². The van der Waals surface area contributed by atoms with Crippen LogP contribution in [-0.2, 0) is 4.79 Å². The van der Waals surface area contributed by atoms with Crippen LogP contribution in [-0.4, -0.2) is 6.29 Å². The summed E-state index contributed by atoms with van der Waals surface area (Å²) >= 11 is 0. The van der Waals surface area contributed by atoms with Gasteiger partial charge in [0.1, 0.15) is 6.29 Å². The number of nitrogens with zero attached hydrogens (tertiary/aromatic N) is 1. The highest BCUT2D eigenvalue weighted by molar-refractivity contribution is 5.53. The molecule has 0 N–H and O–H groups in total. The molecule has 2 atom stereocenters. The van der Waals surface area contributed by atoms with E-state index in [1.807, 2.05) is 0 Å². The molecule has 0 heterocycles. The third-order valence-corrected chi connectivity index (χ3v) is 2.84. The van der Waals surface area contributed by atoms with Crippen LogP contribution in [0.5, 0.6) is 0 Å². The van der Waals surface area contributed by atoms with Crippen molar-refractivity contribution in [2.75, 3.05) is 0 Å². The molecule has 1 aliphatic rings. The van der Waals surface area contributed by atoms with Crippen LogP contribution >= 0.6 is 0 Å². The molecular weight excluding hydrogens is 162 g/mol. The van der Waals surface area contributed by atoms with E-state index in [0.717, 1.165) is 38.4 Å². The van der Waals surface area contributed by atoms with E-state index in [1.54, 1.807) is 0 Å². The molecule has 0 spiro atoms. The van der Waals surface area contributed by atoms with Crippen molar-refractivity contribution in [1.29, 1.82) is 5.26 Å². The predicted molar refractivity (Wildman–Crippen MR) is 51.0 cm³/mol. The molecule has 0 bridgehead atoms. The Kier molecular flexibility index (Phi) is 4.53. The lowest BCUT2D eigenvalue weighted by Gasteiger charge is -2.11. The van der Waals surface area contributed by atoms with Gasteiger partial charge in [-0.1, -0.05) is 25.7 Å². The Labute approximate surface area is 79.9 Å². The molecule has 0 aromatic carbocycles. The van der Waals surface area contributed by atoms with Gasteiger partial charge < -0.3 is 4.79 Å². The molecule has 0 radical (unpaired) electrons. The fourth-order valence-corrected chi connectivity index (χ4v) is 1.99. The number of carbonyl (C=O) groups is 1. The molecule has 0 aliphatic heterocycles. The van der Waals surface area contributed by atoms with E-state index in [9.17, 15) is 4.79 Å². The Morgan fingerprint density at radius 1 is 1.15 bits per heavy atom. The van der Waals surface area contributed by atoms with Gasteiger partial charge in [-0.15, -0.1) is 0 Å². The highest BCUT2D eigenvalue weighted by Crippen LogP contribution is 2.24. The number of nitriles is 1. The van der Waals surface area contributed by atoms with E-state index >= 15 is 0 Å². The smallest absolute Gasteiger partial charge is 0.123 e. The number of rotatable bonds is 1. The normalized spacial score (nSPS) is 30.7. The molecule has 13 heavy (non-hydrogen) atoms. The highest BCUT2D eigenvalue weighted by Gasteiger charge is 2.16. The van der Waals surface area contributed by atoms with Gasteiger partial charge in [-0.2, -0.15) is 5.26 Å². The van der Waals surface area contributed by atoms with Gasteiger partial charge in [0.25, 0.3) is 0 Å². The third-order valence-electron chi connectivity index (χ3n) is 2.84. The maximum atomic E-state index is 10.7. The van der Waals surface area contributed by atoms with Crippen molar-refractivity contribution >= 4 is 6.29 Å². The molecule has 2 unspecified atom stereocenters. The van der Waals surface area contributed by atoms with Crippen molar-refractivity contribution < 1.29 is 4.79 Å². The first kappa shape index (κ1) is 10.2. The Morgan fingerprint density at radius 3 is 2.46 bits per heavy atom. The lowest BCUT2D eigenvalue weighted by atomic mass is 9.91. The molecule has 72 valence electrons. The first-order valence-corrected chi connectivity index (χ1v) is 5.21. The number of hydrogen-bond donors (Lipinski definition) is 0. The zero-order chi connectivity index (χ0) is 9.52. The molecule has 1 rings (SSSR count). The van der Waals surface area contributed by atoms with Gasteiger partial charge in [0.15, 0.2) is 0 Å². The summed E-state index contributed by atoms with van der Waals surface area (Å²) in [5.41, 5.74) is 0. The van der Waals surface area contributed by atoms with E-state index in [0.29, 0.717) is 0 Å². The molecule has 0 aromatic heterocycles. The lowest BCUT2D eigenvalue weighted by molar-refractivity contribution is -0.111. The predicted octanol–water partition coefficient (Wildman–Crippen LogP) is 2.69. The molecule has 1 aliphatic carbocycles. The van der Waals surface area contributed by atoms with Gasteiger partial charge in [-0.05, 0) is 19.3 Å². The van der Waals surface area contributed by atoms with E-state index in [4.69, 9.17) is 5.26 Å². The van der Waals surface area contributed by atoms with Crippen LogP contribution in [0.3, 0.4) is 0 Å². The molecule has 2 heteroatoms. The van der Waals surface area contributed by atoms with Crippen molar-refractivity contribution in [3.05, 3.63) is 0 Å². The van der Waals surface area contributed by atoms with Gasteiger partial charge in [0, 0.05) is 11.8 Å². The lowest BCUT2D eigenvalue weighted by Crippen LogP contribution is -2.08. The Balaban J connectivity index is 2.48. The topological polar surface area (TPSA) is 40.9 Å². The van der Waals surface area contributed by atoms with Crippen LogP contribution in [0.25, 0.3) is 0 Å². The van der Waals surface area contributed by atoms with E-state index in [2.05, 4.69) is 6.07 Å². The van der Waals surface area contributed by atoms with Crippen LogP contribution in [0.4, 0.5) is 0 Å². The second-order valence-corrected chi connectivity index (χ2v) is 3.95. The highest BCUT2D eigenvalue weighted by atomic mass is 16.1. The number of hydrogen-bond acceptors (Lipinski definition) is 2. The second kappa shape index (κ2) is 5.75. The third kappa shape index (κ3) is 3.59. The first-order chi connectivity index (χ1) is 6.36. The summed E-state index contributed by atoms with van der Waals surface area (Å²) in [4.78, 5) is 10.7. The van der Waals surface area contributed by atoms with Crippen LogP contribution < -0.4 is 0 Å². The summed E-state index contributed by atoms with van der Waals surface area (Å²) in [6.07, 6.45) is 8.57. The zero-order valence-electron chi connectivity index (χ0n) is 8.04. The SMILES string of the molecule is N#CC1CCCCCCC(C=O)C1. The van der Waals surface area contributed by atoms with Gasteiger partial charge in [0.2, 0.25) is 0 Å². The van der Waals surface area contributed by atoms with E-state index < -0.39 is 0 Å². The quantitative estimate of drug-likeness (QED) is 0.581. The fourth-order valence-electron chi connectivity index (χ4n) is 1.99. The van der Waals surface area contributed by atoms with Gasteiger partial charge in [-0.25, -0.2) is 0 Å². The average molecular weight is 179 g/mol. The minimum absolute atomic E-state index is 0.119. The van der Waals surface area contributed by atoms with Crippen molar-refractivity contribution in [3.8, 4) is 6.07 Å². The summed E-state index contributed by atoms with van der Waals surface area (Å²) in [5.74, 6) is 0.260. The van der Waals surface area contributed by atoms with Crippen LogP contribution in [0.1, 0.15) is 44.9 Å². The zero-order valence-corrected chi connectivity index (χ0v) is 8.04. The van der Waals surface area contributed by atoms with Crippen LogP contribution in [0.15, 0.2) is 0 Å². The summed E-state index contributed by atoms with van der Waals surface area (Å²) in [6, 6.07) is 2.30. The van der Waals surface area contributed by atoms with Crippen molar-refractivity contribution in [3.63, 3.8) is 0 Å². The van der Waals surface area contributed by atoms with Gasteiger partial charge in [0.05, 0.1) is 6.07 Å². The largest absolute Gasteiger partial charge is 0.303 e. The number of aldehydes is 1. The van der Waals surface area contributed by atoms with Crippen LogP contribution in [0.2, 0.25) is 0 Å². The fraction of sp³-hybridized carbons (Fsp3) is 0.818. The maximum absolute atomic E-state index is 10.7. The Hall–Kier alpha value is -0.840. The first-order valence-electron chi connectivity index (χ1n) is 5.21. The van der Waals surface area contributed by atoms with E-state index in [1.165, 1.54) is 12.8 Å². The van der Waals surface area contributed by atoms with Crippen LogP contribution in [0, 0.1) is 23.2 Å². The summed E-state index contributed by atoms with van der Waals surface area (Å²) < 4.78 is 0. The minimum atomic E-state index is 0.119. The molecule has 1 fully saturated rings. The molecule has 0 amide bonds. The second-order valence-electron chi connectivity index (χ2n) is 3.95. The summed E-state index contributed by atoms with van der Waals surface area (Å²) in [6.45, 7) is 0. The summed E-state index contributed by atoms with van der Waals surface area (Å²) in [5, 5.41) is 8.85. The Morgan fingerprint density at radius 2 is 1.85 bits per heavy atom. The number of carbonyl (C=O) groups excluding carboxylic acids is 1.